The molecule has 0 aromatic heterocycles. The van der Waals surface area contributed by atoms with Crippen molar-refractivity contribution in [3.05, 3.63) is 35.9 Å². The molecule has 1 heterocycles. The molecule has 1 unspecified atom stereocenters. The van der Waals surface area contributed by atoms with Gasteiger partial charge < -0.3 is 10.6 Å². The molecule has 0 spiro atoms. The first-order valence-corrected chi connectivity index (χ1v) is 11.3. The standard InChI is InChI=1S/C19H33N5O2S.HI/c1-19(2,23-27(4,25)26)15-22-18(20-3)21-13-17-11-8-12-24(17)14-16-9-6-5-7-10-16;/h5-7,9-10,17,23H,8,11-15H2,1-4H3,(H2,20,21,22);1H. The lowest BCUT2D eigenvalue weighted by Gasteiger charge is -2.28. The number of nitrogens with one attached hydrogen (secondary N) is 3. The molecule has 1 aromatic carbocycles. The minimum atomic E-state index is -3.26. The van der Waals surface area contributed by atoms with E-state index >= 15 is 0 Å². The molecule has 1 atom stereocenters. The van der Waals surface area contributed by atoms with Crippen LogP contribution in [-0.2, 0) is 16.6 Å². The van der Waals surface area contributed by atoms with Crippen molar-refractivity contribution in [3.63, 3.8) is 0 Å². The smallest absolute Gasteiger partial charge is 0.209 e. The maximum Gasteiger partial charge on any atom is 0.209 e. The Bertz CT molecular complexity index is 725. The van der Waals surface area contributed by atoms with Gasteiger partial charge in [0.05, 0.1) is 6.26 Å². The zero-order chi connectivity index (χ0) is 19.9. The van der Waals surface area contributed by atoms with Crippen molar-refractivity contribution in [1.29, 1.82) is 0 Å². The highest BCUT2D eigenvalue weighted by Crippen LogP contribution is 2.19. The Hall–Kier alpha value is -0.910. The van der Waals surface area contributed by atoms with E-state index in [9.17, 15) is 8.42 Å². The number of sulfonamides is 1. The van der Waals surface area contributed by atoms with Crippen molar-refractivity contribution in [3.8, 4) is 0 Å². The topological polar surface area (TPSA) is 85.8 Å². The van der Waals surface area contributed by atoms with Gasteiger partial charge in [-0.1, -0.05) is 30.3 Å². The van der Waals surface area contributed by atoms with Gasteiger partial charge in [-0.15, -0.1) is 24.0 Å². The fourth-order valence-corrected chi connectivity index (χ4v) is 4.51. The van der Waals surface area contributed by atoms with Crippen LogP contribution in [0.4, 0.5) is 0 Å². The van der Waals surface area contributed by atoms with Gasteiger partial charge >= 0.3 is 0 Å². The normalized spacial score (nSPS) is 18.6. The molecular weight excluding hydrogens is 489 g/mol. The second-order valence-electron chi connectivity index (χ2n) is 7.82. The third-order valence-corrected chi connectivity index (χ3v) is 5.54. The number of likely N-dealkylation sites (tertiary alicyclic amines) is 1. The average molecular weight is 523 g/mol. The average Bonchev–Trinajstić information content (AvgIpc) is 3.01. The second kappa shape index (κ2) is 11.3. The van der Waals surface area contributed by atoms with Crippen molar-refractivity contribution in [2.75, 3.05) is 32.9 Å². The van der Waals surface area contributed by atoms with Crippen molar-refractivity contribution in [1.82, 2.24) is 20.3 Å². The van der Waals surface area contributed by atoms with Gasteiger partial charge in [-0.05, 0) is 38.8 Å². The summed E-state index contributed by atoms with van der Waals surface area (Å²) in [4.78, 5) is 6.76. The van der Waals surface area contributed by atoms with Crippen molar-refractivity contribution < 1.29 is 8.42 Å². The molecule has 3 N–H and O–H groups in total. The maximum absolute atomic E-state index is 11.5. The summed E-state index contributed by atoms with van der Waals surface area (Å²) in [6.07, 6.45) is 3.54. The van der Waals surface area contributed by atoms with E-state index in [-0.39, 0.29) is 24.0 Å². The molecule has 9 heteroatoms. The Morgan fingerprint density at radius 3 is 2.54 bits per heavy atom. The number of hydrogen-bond donors (Lipinski definition) is 3. The molecule has 0 bridgehead atoms. The van der Waals surface area contributed by atoms with Crippen molar-refractivity contribution in [2.24, 2.45) is 4.99 Å². The van der Waals surface area contributed by atoms with E-state index in [1.54, 1.807) is 7.05 Å². The molecule has 1 aromatic rings. The van der Waals surface area contributed by atoms with Crippen molar-refractivity contribution >= 4 is 40.0 Å². The van der Waals surface area contributed by atoms with Gasteiger partial charge in [-0.2, -0.15) is 0 Å². The van der Waals surface area contributed by atoms with Crippen LogP contribution in [0, 0.1) is 0 Å². The lowest BCUT2D eigenvalue weighted by molar-refractivity contribution is 0.245. The van der Waals surface area contributed by atoms with Gasteiger partial charge in [0, 0.05) is 38.3 Å². The zero-order valence-corrected chi connectivity index (χ0v) is 20.4. The van der Waals surface area contributed by atoms with E-state index in [0.717, 1.165) is 26.1 Å². The fourth-order valence-electron chi connectivity index (χ4n) is 3.43. The van der Waals surface area contributed by atoms with E-state index < -0.39 is 15.6 Å². The molecule has 160 valence electrons. The lowest BCUT2D eigenvalue weighted by atomic mass is 10.1. The van der Waals surface area contributed by atoms with Crippen LogP contribution >= 0.6 is 24.0 Å². The molecule has 1 aliphatic rings. The molecule has 2 rings (SSSR count). The lowest BCUT2D eigenvalue weighted by Crippen LogP contribution is -2.53. The number of hydrogen-bond acceptors (Lipinski definition) is 4. The quantitative estimate of drug-likeness (QED) is 0.275. The van der Waals surface area contributed by atoms with Crippen LogP contribution in [0.1, 0.15) is 32.3 Å². The van der Waals surface area contributed by atoms with Crippen LogP contribution in [0.5, 0.6) is 0 Å². The zero-order valence-electron chi connectivity index (χ0n) is 17.2. The Balaban J connectivity index is 0.00000392. The third kappa shape index (κ3) is 9.06. The maximum atomic E-state index is 11.5. The first kappa shape index (κ1) is 25.1. The Kier molecular flexibility index (Phi) is 10.2. The highest BCUT2D eigenvalue weighted by molar-refractivity contribution is 14.0. The second-order valence-corrected chi connectivity index (χ2v) is 9.57. The van der Waals surface area contributed by atoms with Gasteiger partial charge in [0.15, 0.2) is 5.96 Å². The molecule has 7 nitrogen and oxygen atoms in total. The third-order valence-electron chi connectivity index (χ3n) is 4.62. The van der Waals surface area contributed by atoms with Crippen LogP contribution in [0.15, 0.2) is 35.3 Å². The minimum Gasteiger partial charge on any atom is -0.355 e. The fraction of sp³-hybridized carbons (Fsp3) is 0.632. The van der Waals surface area contributed by atoms with Gasteiger partial charge in [0.1, 0.15) is 0 Å². The molecule has 28 heavy (non-hydrogen) atoms. The summed E-state index contributed by atoms with van der Waals surface area (Å²) in [5, 5.41) is 6.60. The highest BCUT2D eigenvalue weighted by atomic mass is 127. The summed E-state index contributed by atoms with van der Waals surface area (Å²) in [5.74, 6) is 0.685. The van der Waals surface area contributed by atoms with Gasteiger partial charge in [0.2, 0.25) is 10.0 Å². The summed E-state index contributed by atoms with van der Waals surface area (Å²) in [6.45, 7) is 7.01. The first-order chi connectivity index (χ1) is 12.7. The number of nitrogens with zero attached hydrogens (tertiary/aromatic N) is 2. The Morgan fingerprint density at radius 2 is 1.93 bits per heavy atom. The number of guanidine groups is 1. The summed E-state index contributed by atoms with van der Waals surface area (Å²) in [7, 11) is -1.53. The van der Waals surface area contributed by atoms with Crippen molar-refractivity contribution in [2.45, 2.75) is 44.8 Å². The van der Waals surface area contributed by atoms with Crippen LogP contribution in [0.3, 0.4) is 0 Å². The molecule has 0 radical (unpaired) electrons. The van der Waals surface area contributed by atoms with E-state index in [0.29, 0.717) is 18.5 Å². The number of halogens is 1. The molecule has 1 saturated heterocycles. The summed E-state index contributed by atoms with van der Waals surface area (Å²) in [5.41, 5.74) is 0.735. The SMILES string of the molecule is CN=C(NCC1CCCN1Cc1ccccc1)NCC(C)(C)NS(C)(=O)=O.I. The molecule has 1 fully saturated rings. The number of aliphatic imine (C=N–C) groups is 1. The van der Waals surface area contributed by atoms with Gasteiger partial charge in [-0.25, -0.2) is 13.1 Å². The monoisotopic (exact) mass is 523 g/mol. The predicted molar refractivity (Wildman–Crippen MR) is 127 cm³/mol. The summed E-state index contributed by atoms with van der Waals surface area (Å²) < 4.78 is 25.5. The summed E-state index contributed by atoms with van der Waals surface area (Å²) >= 11 is 0. The predicted octanol–water partition coefficient (Wildman–Crippen LogP) is 1.76. The molecule has 0 aliphatic carbocycles. The Labute approximate surface area is 186 Å². The number of benzene rings is 1. The number of rotatable bonds is 8. The highest BCUT2D eigenvalue weighted by Gasteiger charge is 2.25. The largest absolute Gasteiger partial charge is 0.355 e. The van der Waals surface area contributed by atoms with E-state index in [2.05, 4.69) is 49.5 Å². The van der Waals surface area contributed by atoms with Crippen LogP contribution < -0.4 is 15.4 Å². The van der Waals surface area contributed by atoms with Crippen LogP contribution in [0.2, 0.25) is 0 Å². The van der Waals surface area contributed by atoms with E-state index in [4.69, 9.17) is 0 Å². The minimum absolute atomic E-state index is 0. The summed E-state index contributed by atoms with van der Waals surface area (Å²) in [6, 6.07) is 11.0. The molecule has 0 saturated carbocycles. The molecule has 0 amide bonds. The van der Waals surface area contributed by atoms with Crippen LogP contribution in [-0.4, -0.2) is 63.8 Å². The van der Waals surface area contributed by atoms with E-state index in [1.807, 2.05) is 19.9 Å². The van der Waals surface area contributed by atoms with Crippen LogP contribution in [0.25, 0.3) is 0 Å². The van der Waals surface area contributed by atoms with Gasteiger partial charge in [0.25, 0.3) is 0 Å². The molecular formula is C19H34IN5O2S. The molecule has 1 aliphatic heterocycles. The van der Waals surface area contributed by atoms with E-state index in [1.165, 1.54) is 18.2 Å². The van der Waals surface area contributed by atoms with Gasteiger partial charge in [-0.3, -0.25) is 9.89 Å². The first-order valence-electron chi connectivity index (χ1n) is 9.40. The Morgan fingerprint density at radius 1 is 1.25 bits per heavy atom.